The zero-order valence-electron chi connectivity index (χ0n) is 39.5. The van der Waals surface area contributed by atoms with Gasteiger partial charge >= 0.3 is 27.1 Å². The minimum absolute atomic E-state index is 0. The zero-order valence-corrected chi connectivity index (χ0v) is 41.8. The predicted octanol–water partition coefficient (Wildman–Crippen LogP) is 14.5. The van der Waals surface area contributed by atoms with Crippen LogP contribution in [0.15, 0.2) is 170 Å². The molecule has 0 fully saturated rings. The Kier molecular flexibility index (Phi) is 11.6. The van der Waals surface area contributed by atoms with Crippen molar-refractivity contribution in [3.05, 3.63) is 199 Å². The van der Waals surface area contributed by atoms with Crippen molar-refractivity contribution in [3.63, 3.8) is 0 Å². The minimum Gasteiger partial charge on any atom is -0.508 e. The average molecular weight is 1080 g/mol. The first-order chi connectivity index (χ1) is 32.9. The second-order valence-electron chi connectivity index (χ2n) is 19.4. The summed E-state index contributed by atoms with van der Waals surface area (Å²) in [5.41, 5.74) is 11.6. The molecule has 0 bridgehead atoms. The van der Waals surface area contributed by atoms with Crippen molar-refractivity contribution in [1.29, 1.82) is 0 Å². The predicted molar refractivity (Wildman–Crippen MR) is 275 cm³/mol. The molecule has 11 rings (SSSR count). The summed E-state index contributed by atoms with van der Waals surface area (Å²) >= 11 is 0. The second-order valence-corrected chi connectivity index (χ2v) is 19.4. The van der Waals surface area contributed by atoms with Gasteiger partial charge in [-0.1, -0.05) is 166 Å². The van der Waals surface area contributed by atoms with Crippen molar-refractivity contribution in [3.8, 4) is 51.5 Å². The van der Waals surface area contributed by atoms with Gasteiger partial charge in [0, 0.05) is 58.6 Å². The smallest absolute Gasteiger partial charge is 0.508 e. The molecule has 1 aliphatic rings. The fraction of sp³-hybridized carbons (Fsp3) is 0.150. The quantitative estimate of drug-likeness (QED) is 0.112. The number of para-hydroxylation sites is 3. The summed E-state index contributed by atoms with van der Waals surface area (Å²) in [7, 11) is 0. The first-order valence-corrected chi connectivity index (χ1v) is 23.0. The van der Waals surface area contributed by atoms with Gasteiger partial charge in [-0.25, -0.2) is 19.9 Å². The van der Waals surface area contributed by atoms with E-state index in [1.807, 2.05) is 65.4 Å². The average Bonchev–Trinajstić information content (AvgIpc) is 3.90. The van der Waals surface area contributed by atoms with Gasteiger partial charge in [0.15, 0.2) is 11.6 Å². The topological polar surface area (TPSA) is 71.7 Å². The third kappa shape index (κ3) is 8.63. The van der Waals surface area contributed by atoms with Crippen LogP contribution in [0.5, 0.6) is 11.5 Å². The molecule has 0 radical (unpaired) electrons. The number of pyridine rings is 1. The fourth-order valence-electron chi connectivity index (χ4n) is 8.74. The van der Waals surface area contributed by atoms with Crippen LogP contribution in [-0.4, -0.2) is 30.5 Å². The molecule has 0 amide bonds. The van der Waals surface area contributed by atoms with E-state index in [0.29, 0.717) is 34.5 Å². The first kappa shape index (κ1) is 45.2. The van der Waals surface area contributed by atoms with Gasteiger partial charge in [-0.3, -0.25) is 0 Å². The SMILES string of the molecule is Cc1ccc([N+]2=C=[N+](c3[c-]c(Oc4[c-]c5c(cc4-c4nc(-c6ccc(C(C)(C)C)cc6)nc(-c6ccc(C(C)(C)C)cc6)n4)c4ccccc4n5-c4ccccn4)ccc3)c3ccccc32)cc1.[Pt+2]. The van der Waals surface area contributed by atoms with Crippen molar-refractivity contribution in [2.24, 2.45) is 0 Å². The molecule has 1 aliphatic heterocycles. The van der Waals surface area contributed by atoms with E-state index in [9.17, 15) is 0 Å². The number of aryl methyl sites for hydroxylation is 1. The fourth-order valence-corrected chi connectivity index (χ4v) is 8.74. The molecule has 0 unspecified atom stereocenters. The van der Waals surface area contributed by atoms with Gasteiger partial charge < -0.3 is 9.30 Å². The number of benzene rings is 7. The van der Waals surface area contributed by atoms with E-state index >= 15 is 0 Å². The number of nitrogens with zero attached hydrogens (tertiary/aromatic N) is 7. The monoisotopic (exact) mass is 1080 g/mol. The molecule has 0 spiro atoms. The molecule has 0 saturated carbocycles. The van der Waals surface area contributed by atoms with Crippen molar-refractivity contribution >= 4 is 50.6 Å². The summed E-state index contributed by atoms with van der Waals surface area (Å²) in [5.74, 6) is 3.23. The van der Waals surface area contributed by atoms with E-state index in [4.69, 9.17) is 24.7 Å². The number of aromatic nitrogens is 5. The number of fused-ring (bicyclic) bond motifs is 4. The van der Waals surface area contributed by atoms with Crippen LogP contribution in [0.3, 0.4) is 0 Å². The van der Waals surface area contributed by atoms with E-state index in [1.165, 1.54) is 16.7 Å². The van der Waals surface area contributed by atoms with Crippen LogP contribution in [0.1, 0.15) is 58.2 Å². The molecule has 69 heavy (non-hydrogen) atoms. The second kappa shape index (κ2) is 17.8. The maximum Gasteiger partial charge on any atom is 2.00 e. The molecular formula is C60H49N7OPt+2. The third-order valence-electron chi connectivity index (χ3n) is 12.5. The summed E-state index contributed by atoms with van der Waals surface area (Å²) in [6.07, 6.45) is 1.81. The summed E-state index contributed by atoms with van der Waals surface area (Å²) in [6.45, 7) is 15.4. The molecule has 0 aliphatic carbocycles. The van der Waals surface area contributed by atoms with Gasteiger partial charge in [0.25, 0.3) is 11.4 Å². The normalized spacial score (nSPS) is 12.4. The van der Waals surface area contributed by atoms with Crippen LogP contribution >= 0.6 is 0 Å². The molecule has 0 saturated heterocycles. The molecule has 3 aromatic heterocycles. The third-order valence-corrected chi connectivity index (χ3v) is 12.5. The van der Waals surface area contributed by atoms with E-state index in [1.54, 1.807) is 0 Å². The van der Waals surface area contributed by atoms with Gasteiger partial charge in [0.2, 0.25) is 5.69 Å². The Balaban J connectivity index is 0.00000553. The Morgan fingerprint density at radius 2 is 1.16 bits per heavy atom. The summed E-state index contributed by atoms with van der Waals surface area (Å²) < 4.78 is 13.3. The summed E-state index contributed by atoms with van der Waals surface area (Å²) in [6, 6.07) is 67.0. The van der Waals surface area contributed by atoms with Gasteiger partial charge in [-0.05, 0) is 62.6 Å². The number of hydrogen-bond donors (Lipinski definition) is 0. The van der Waals surface area contributed by atoms with Gasteiger partial charge in [-0.15, -0.1) is 23.6 Å². The van der Waals surface area contributed by atoms with E-state index in [-0.39, 0.29) is 31.9 Å². The maximum atomic E-state index is 7.06. The Morgan fingerprint density at radius 1 is 0.565 bits per heavy atom. The van der Waals surface area contributed by atoms with Crippen LogP contribution in [0.25, 0.3) is 61.8 Å². The van der Waals surface area contributed by atoms with Gasteiger partial charge in [0.1, 0.15) is 17.3 Å². The number of ether oxygens (including phenoxy) is 1. The van der Waals surface area contributed by atoms with Crippen molar-refractivity contribution < 1.29 is 25.8 Å². The molecule has 0 N–H and O–H groups in total. The Morgan fingerprint density at radius 3 is 1.78 bits per heavy atom. The Labute approximate surface area is 417 Å². The maximum absolute atomic E-state index is 7.06. The Bertz CT molecular complexity index is 3560. The van der Waals surface area contributed by atoms with Crippen LogP contribution in [0.2, 0.25) is 0 Å². The van der Waals surface area contributed by atoms with Gasteiger partial charge in [0.05, 0.1) is 0 Å². The van der Waals surface area contributed by atoms with Crippen molar-refractivity contribution in [2.45, 2.75) is 59.3 Å². The molecular weight excluding hydrogens is 1030 g/mol. The van der Waals surface area contributed by atoms with E-state index in [0.717, 1.165) is 61.5 Å². The van der Waals surface area contributed by atoms with Crippen molar-refractivity contribution in [2.75, 3.05) is 0 Å². The van der Waals surface area contributed by atoms with Gasteiger partial charge in [-0.2, -0.15) is 6.07 Å². The largest absolute Gasteiger partial charge is 2.00 e. The zero-order chi connectivity index (χ0) is 46.7. The molecule has 0 atom stereocenters. The van der Waals surface area contributed by atoms with E-state index < -0.39 is 0 Å². The summed E-state index contributed by atoms with van der Waals surface area (Å²) in [5, 5.41) is 1.99. The number of rotatable bonds is 8. The van der Waals surface area contributed by atoms with Crippen molar-refractivity contribution in [1.82, 2.24) is 33.7 Å². The molecule has 7 aromatic carbocycles. The number of hydrogen-bond acceptors (Lipinski definition) is 5. The summed E-state index contributed by atoms with van der Waals surface area (Å²) in [4.78, 5) is 20.5. The molecule has 338 valence electrons. The molecule has 10 aromatic rings. The van der Waals surface area contributed by atoms with Crippen LogP contribution < -0.4 is 13.9 Å². The van der Waals surface area contributed by atoms with Crippen LogP contribution in [0, 0.1) is 19.1 Å². The molecule has 4 heterocycles. The van der Waals surface area contributed by atoms with Crippen LogP contribution in [0.4, 0.5) is 22.7 Å². The minimum atomic E-state index is -0.0162. The molecule has 9 heteroatoms. The standard InChI is InChI=1S/C60H49N7O.Pt/c1-39-22-32-44(33-23-39)65-38-66(52-20-11-10-19-51(52)65)45-15-14-16-46(35-45)68-54-37-53-48(47-17-8-9-18-50(47)67(53)55-21-12-13-34-61-55)36-49(54)58-63-56(40-24-28-42(29-25-40)59(2,3)4)62-57(64-58)41-26-30-43(31-27-41)60(5,6)7;/h8-34,36H,1-7H3;/q;+2. The van der Waals surface area contributed by atoms with E-state index in [2.05, 4.69) is 185 Å². The first-order valence-electron chi connectivity index (χ1n) is 23.0. The Hall–Kier alpha value is -7.63. The van der Waals surface area contributed by atoms with Crippen LogP contribution in [-0.2, 0) is 31.9 Å². The molecule has 8 nitrogen and oxygen atoms in total.